The van der Waals surface area contributed by atoms with Crippen molar-refractivity contribution in [2.45, 2.75) is 13.0 Å². The molecule has 1 rings (SSSR count). The average Bonchev–Trinajstić information content (AvgIpc) is 2.20. The van der Waals surface area contributed by atoms with Crippen LogP contribution in [0.1, 0.15) is 18.5 Å². The Hall–Kier alpha value is -0.710. The second-order valence-corrected chi connectivity index (χ2v) is 3.46. The number of hydrogen-bond acceptors (Lipinski definition) is 2. The van der Waals surface area contributed by atoms with E-state index in [1.165, 1.54) is 0 Å². The minimum Gasteiger partial charge on any atom is -0.380 e. The van der Waals surface area contributed by atoms with E-state index in [-0.39, 0.29) is 17.2 Å². The van der Waals surface area contributed by atoms with E-state index in [1.54, 1.807) is 6.92 Å². The Kier molecular flexibility index (Phi) is 4.45. The van der Waals surface area contributed by atoms with E-state index in [4.69, 9.17) is 22.1 Å². The molecule has 0 aliphatic carbocycles. The highest BCUT2D eigenvalue weighted by Crippen LogP contribution is 2.22. The Morgan fingerprint density at radius 3 is 2.67 bits per heavy atom. The van der Waals surface area contributed by atoms with Gasteiger partial charge in [0.05, 0.1) is 17.7 Å². The summed E-state index contributed by atoms with van der Waals surface area (Å²) in [5.41, 5.74) is 5.70. The van der Waals surface area contributed by atoms with Crippen molar-refractivity contribution < 1.29 is 13.5 Å². The standard InChI is InChI=1S/C10H12ClF2NO/c1-2-15-5-10(14)6-3-9(13)7(11)4-8(6)12/h3-4,10H,2,5,14H2,1H3. The molecule has 1 unspecified atom stereocenters. The van der Waals surface area contributed by atoms with Crippen LogP contribution in [0, 0.1) is 11.6 Å². The summed E-state index contributed by atoms with van der Waals surface area (Å²) in [6.45, 7) is 2.42. The summed E-state index contributed by atoms with van der Waals surface area (Å²) in [6.07, 6.45) is 0. The van der Waals surface area contributed by atoms with Crippen molar-refractivity contribution in [3.05, 3.63) is 34.4 Å². The summed E-state index contributed by atoms with van der Waals surface area (Å²) >= 11 is 5.41. The van der Waals surface area contributed by atoms with Gasteiger partial charge in [-0.2, -0.15) is 0 Å². The lowest BCUT2D eigenvalue weighted by Gasteiger charge is -2.13. The van der Waals surface area contributed by atoms with Gasteiger partial charge >= 0.3 is 0 Å². The SMILES string of the molecule is CCOCC(N)c1cc(F)c(Cl)cc1F. The third-order valence-electron chi connectivity index (χ3n) is 1.94. The summed E-state index contributed by atoms with van der Waals surface area (Å²) in [4.78, 5) is 0. The van der Waals surface area contributed by atoms with Crippen LogP contribution in [0.4, 0.5) is 8.78 Å². The molecular weight excluding hydrogens is 224 g/mol. The van der Waals surface area contributed by atoms with Gasteiger partial charge < -0.3 is 10.5 Å². The Balaban J connectivity index is 2.88. The summed E-state index contributed by atoms with van der Waals surface area (Å²) < 4.78 is 31.4. The molecule has 0 spiro atoms. The van der Waals surface area contributed by atoms with E-state index in [0.29, 0.717) is 6.61 Å². The van der Waals surface area contributed by atoms with E-state index in [9.17, 15) is 8.78 Å². The molecule has 1 aromatic carbocycles. The summed E-state index contributed by atoms with van der Waals surface area (Å²) in [5.74, 6) is -1.30. The third kappa shape index (κ3) is 3.12. The molecule has 2 nitrogen and oxygen atoms in total. The predicted octanol–water partition coefficient (Wildman–Crippen LogP) is 2.65. The zero-order valence-corrected chi connectivity index (χ0v) is 9.02. The first-order valence-corrected chi connectivity index (χ1v) is 4.91. The van der Waals surface area contributed by atoms with Crippen LogP contribution in [-0.4, -0.2) is 13.2 Å². The molecule has 0 bridgehead atoms. The van der Waals surface area contributed by atoms with Crippen LogP contribution in [0.25, 0.3) is 0 Å². The molecule has 0 aromatic heterocycles. The van der Waals surface area contributed by atoms with E-state index in [2.05, 4.69) is 0 Å². The van der Waals surface area contributed by atoms with E-state index >= 15 is 0 Å². The number of hydrogen-bond donors (Lipinski definition) is 1. The smallest absolute Gasteiger partial charge is 0.142 e. The van der Waals surface area contributed by atoms with Gasteiger partial charge in [0.25, 0.3) is 0 Å². The molecular formula is C10H12ClF2NO. The van der Waals surface area contributed by atoms with Gasteiger partial charge in [-0.05, 0) is 19.1 Å². The highest BCUT2D eigenvalue weighted by Gasteiger charge is 2.14. The van der Waals surface area contributed by atoms with Crippen molar-refractivity contribution in [3.8, 4) is 0 Å². The average molecular weight is 236 g/mol. The van der Waals surface area contributed by atoms with Crippen LogP contribution < -0.4 is 5.73 Å². The van der Waals surface area contributed by atoms with Gasteiger partial charge in [-0.1, -0.05) is 11.6 Å². The van der Waals surface area contributed by atoms with Crippen LogP contribution in [0.15, 0.2) is 12.1 Å². The maximum Gasteiger partial charge on any atom is 0.142 e. The molecule has 0 aliphatic rings. The summed E-state index contributed by atoms with van der Waals surface area (Å²) in [6, 6.07) is 1.23. The first kappa shape index (κ1) is 12.4. The highest BCUT2D eigenvalue weighted by molar-refractivity contribution is 6.30. The first-order valence-electron chi connectivity index (χ1n) is 4.54. The number of benzene rings is 1. The minimum absolute atomic E-state index is 0.0744. The largest absolute Gasteiger partial charge is 0.380 e. The van der Waals surface area contributed by atoms with Crippen molar-refractivity contribution in [2.75, 3.05) is 13.2 Å². The highest BCUT2D eigenvalue weighted by atomic mass is 35.5. The van der Waals surface area contributed by atoms with Crippen LogP contribution in [0.2, 0.25) is 5.02 Å². The molecule has 15 heavy (non-hydrogen) atoms. The van der Waals surface area contributed by atoms with E-state index < -0.39 is 17.7 Å². The fourth-order valence-corrected chi connectivity index (χ4v) is 1.31. The van der Waals surface area contributed by atoms with E-state index in [1.807, 2.05) is 0 Å². The second kappa shape index (κ2) is 5.39. The lowest BCUT2D eigenvalue weighted by atomic mass is 10.1. The molecule has 0 aliphatic heterocycles. The Labute approximate surface area is 92.0 Å². The predicted molar refractivity (Wildman–Crippen MR) is 54.8 cm³/mol. The second-order valence-electron chi connectivity index (χ2n) is 3.05. The van der Waals surface area contributed by atoms with Crippen molar-refractivity contribution in [3.63, 3.8) is 0 Å². The van der Waals surface area contributed by atoms with Gasteiger partial charge in [0.1, 0.15) is 11.6 Å². The third-order valence-corrected chi connectivity index (χ3v) is 2.23. The maximum absolute atomic E-state index is 13.3. The lowest BCUT2D eigenvalue weighted by Crippen LogP contribution is -2.18. The zero-order chi connectivity index (χ0) is 11.4. The normalized spacial score (nSPS) is 12.9. The molecule has 84 valence electrons. The number of halogens is 3. The number of ether oxygens (including phenoxy) is 1. The molecule has 0 radical (unpaired) electrons. The Morgan fingerprint density at radius 1 is 1.40 bits per heavy atom. The van der Waals surface area contributed by atoms with Crippen LogP contribution in [0.3, 0.4) is 0 Å². The molecule has 1 atom stereocenters. The molecule has 0 saturated heterocycles. The summed E-state index contributed by atoms with van der Waals surface area (Å²) in [7, 11) is 0. The molecule has 0 saturated carbocycles. The van der Waals surface area contributed by atoms with Crippen LogP contribution in [0.5, 0.6) is 0 Å². The van der Waals surface area contributed by atoms with Crippen molar-refractivity contribution in [1.29, 1.82) is 0 Å². The maximum atomic E-state index is 13.3. The fourth-order valence-electron chi connectivity index (χ4n) is 1.16. The molecule has 0 heterocycles. The van der Waals surface area contributed by atoms with Crippen molar-refractivity contribution in [2.24, 2.45) is 5.73 Å². The molecule has 2 N–H and O–H groups in total. The minimum atomic E-state index is -0.684. The topological polar surface area (TPSA) is 35.2 Å². The summed E-state index contributed by atoms with van der Waals surface area (Å²) in [5, 5.41) is -0.250. The fraction of sp³-hybridized carbons (Fsp3) is 0.400. The van der Waals surface area contributed by atoms with Crippen LogP contribution in [-0.2, 0) is 4.74 Å². The van der Waals surface area contributed by atoms with Gasteiger partial charge in [-0.15, -0.1) is 0 Å². The van der Waals surface area contributed by atoms with Gasteiger partial charge in [-0.3, -0.25) is 0 Å². The lowest BCUT2D eigenvalue weighted by molar-refractivity contribution is 0.132. The Morgan fingerprint density at radius 2 is 2.07 bits per heavy atom. The van der Waals surface area contributed by atoms with Gasteiger partial charge in [0, 0.05) is 12.2 Å². The molecule has 1 aromatic rings. The first-order chi connectivity index (χ1) is 7.06. The molecule has 0 fully saturated rings. The number of nitrogens with two attached hydrogens (primary N) is 1. The van der Waals surface area contributed by atoms with Gasteiger partial charge in [0.2, 0.25) is 0 Å². The monoisotopic (exact) mass is 235 g/mol. The number of rotatable bonds is 4. The van der Waals surface area contributed by atoms with Gasteiger partial charge in [-0.25, -0.2) is 8.78 Å². The van der Waals surface area contributed by atoms with Crippen molar-refractivity contribution in [1.82, 2.24) is 0 Å². The molecule has 5 heteroatoms. The zero-order valence-electron chi connectivity index (χ0n) is 8.27. The van der Waals surface area contributed by atoms with Gasteiger partial charge in [0.15, 0.2) is 0 Å². The quantitative estimate of drug-likeness (QED) is 0.815. The van der Waals surface area contributed by atoms with Crippen molar-refractivity contribution >= 4 is 11.6 Å². The van der Waals surface area contributed by atoms with E-state index in [0.717, 1.165) is 12.1 Å². The van der Waals surface area contributed by atoms with Crippen LogP contribution >= 0.6 is 11.6 Å². The molecule has 0 amide bonds. The Bertz CT molecular complexity index is 346.